The van der Waals surface area contributed by atoms with Crippen LogP contribution in [0.4, 0.5) is 11.5 Å². The molecular formula is C26H34N6O3. The normalized spacial score (nSPS) is 25.8. The Morgan fingerprint density at radius 3 is 2.77 bits per heavy atom. The number of hydrogen-bond donors (Lipinski definition) is 0. The first-order chi connectivity index (χ1) is 17.2. The molecule has 3 aliphatic rings. The molecule has 0 aliphatic carbocycles. The molecule has 3 aromatic heterocycles. The van der Waals surface area contributed by atoms with Gasteiger partial charge in [-0.15, -0.1) is 0 Å². The molecule has 0 radical (unpaired) electrons. The molecule has 6 rings (SSSR count). The van der Waals surface area contributed by atoms with Crippen molar-refractivity contribution in [1.82, 2.24) is 19.7 Å². The number of nitrogens with zero attached hydrogens (tertiary/aromatic N) is 6. The summed E-state index contributed by atoms with van der Waals surface area (Å²) in [6, 6.07) is 6.62. The second kappa shape index (κ2) is 9.72. The zero-order chi connectivity index (χ0) is 23.8. The van der Waals surface area contributed by atoms with Crippen molar-refractivity contribution in [2.45, 2.75) is 51.5 Å². The van der Waals surface area contributed by atoms with Crippen molar-refractivity contribution >= 4 is 22.4 Å². The lowest BCUT2D eigenvalue weighted by Crippen LogP contribution is -2.44. The second-order valence-corrected chi connectivity index (χ2v) is 9.78. The summed E-state index contributed by atoms with van der Waals surface area (Å²) in [5.41, 5.74) is 3.88. The number of pyridine rings is 2. The molecule has 0 amide bonds. The molecule has 3 aromatic rings. The maximum Gasteiger partial charge on any atom is 0.150 e. The van der Waals surface area contributed by atoms with Crippen LogP contribution < -0.4 is 9.80 Å². The van der Waals surface area contributed by atoms with Gasteiger partial charge in [0.1, 0.15) is 17.0 Å². The molecule has 0 saturated carbocycles. The van der Waals surface area contributed by atoms with Gasteiger partial charge in [0.15, 0.2) is 6.23 Å². The zero-order valence-electron chi connectivity index (χ0n) is 20.6. The summed E-state index contributed by atoms with van der Waals surface area (Å²) in [5.74, 6) is 0.969. The molecule has 9 heteroatoms. The molecule has 0 N–H and O–H groups in total. The van der Waals surface area contributed by atoms with E-state index in [2.05, 4.69) is 40.9 Å². The number of rotatable bonds is 4. The van der Waals surface area contributed by atoms with Gasteiger partial charge in [-0.25, -0.2) is 9.67 Å². The molecule has 3 atom stereocenters. The van der Waals surface area contributed by atoms with Crippen LogP contribution in [0.2, 0.25) is 0 Å². The van der Waals surface area contributed by atoms with E-state index in [0.717, 1.165) is 80.2 Å². The van der Waals surface area contributed by atoms with Crippen molar-refractivity contribution in [3.05, 3.63) is 30.6 Å². The lowest BCUT2D eigenvalue weighted by molar-refractivity contribution is -0.0383. The fourth-order valence-corrected chi connectivity index (χ4v) is 5.47. The van der Waals surface area contributed by atoms with Crippen molar-refractivity contribution in [2.75, 3.05) is 55.9 Å². The summed E-state index contributed by atoms with van der Waals surface area (Å²) in [7, 11) is 0. The van der Waals surface area contributed by atoms with Crippen LogP contribution in [0.25, 0.3) is 22.3 Å². The highest BCUT2D eigenvalue weighted by molar-refractivity contribution is 6.00. The lowest BCUT2D eigenvalue weighted by atomic mass is 10.1. The Kier molecular flexibility index (Phi) is 6.30. The van der Waals surface area contributed by atoms with E-state index in [-0.39, 0.29) is 18.4 Å². The van der Waals surface area contributed by atoms with Crippen molar-refractivity contribution in [2.24, 2.45) is 0 Å². The Labute approximate surface area is 206 Å². The van der Waals surface area contributed by atoms with Gasteiger partial charge in [0.25, 0.3) is 0 Å². The van der Waals surface area contributed by atoms with E-state index >= 15 is 0 Å². The van der Waals surface area contributed by atoms with Crippen LogP contribution in [-0.2, 0) is 14.2 Å². The Morgan fingerprint density at radius 2 is 1.94 bits per heavy atom. The molecule has 1 unspecified atom stereocenters. The van der Waals surface area contributed by atoms with Crippen molar-refractivity contribution in [3.8, 4) is 11.4 Å². The van der Waals surface area contributed by atoms with Crippen LogP contribution in [0.1, 0.15) is 39.3 Å². The molecule has 0 spiro atoms. The van der Waals surface area contributed by atoms with Crippen LogP contribution in [0.15, 0.2) is 30.6 Å². The molecule has 3 saturated heterocycles. The third-order valence-corrected chi connectivity index (χ3v) is 7.28. The Hall–Kier alpha value is -2.75. The Morgan fingerprint density at radius 1 is 1.00 bits per heavy atom. The summed E-state index contributed by atoms with van der Waals surface area (Å²) >= 11 is 0. The predicted octanol–water partition coefficient (Wildman–Crippen LogP) is 3.64. The zero-order valence-corrected chi connectivity index (χ0v) is 20.6. The first kappa shape index (κ1) is 22.7. The van der Waals surface area contributed by atoms with Gasteiger partial charge >= 0.3 is 0 Å². The number of aromatic nitrogens is 4. The topological polar surface area (TPSA) is 77.8 Å². The number of hydrogen-bond acceptors (Lipinski definition) is 8. The summed E-state index contributed by atoms with van der Waals surface area (Å²) in [4.78, 5) is 14.9. The monoisotopic (exact) mass is 478 g/mol. The third kappa shape index (κ3) is 4.37. The summed E-state index contributed by atoms with van der Waals surface area (Å²) < 4.78 is 19.6. The number of fused-ring (bicyclic) bond motifs is 1. The first-order valence-electron chi connectivity index (χ1n) is 12.9. The van der Waals surface area contributed by atoms with Gasteiger partial charge in [-0.3, -0.25) is 4.98 Å². The van der Waals surface area contributed by atoms with Gasteiger partial charge in [0, 0.05) is 50.1 Å². The van der Waals surface area contributed by atoms with Gasteiger partial charge < -0.3 is 24.0 Å². The molecule has 186 valence electrons. The number of morpholine rings is 2. The van der Waals surface area contributed by atoms with Crippen LogP contribution in [0.5, 0.6) is 0 Å². The molecule has 0 aromatic carbocycles. The molecule has 9 nitrogen and oxygen atoms in total. The number of anilines is 2. The smallest absolute Gasteiger partial charge is 0.150 e. The second-order valence-electron chi connectivity index (χ2n) is 9.78. The van der Waals surface area contributed by atoms with Crippen molar-refractivity contribution < 1.29 is 14.2 Å². The summed E-state index contributed by atoms with van der Waals surface area (Å²) in [6.45, 7) is 9.76. The van der Waals surface area contributed by atoms with Crippen LogP contribution in [0, 0.1) is 0 Å². The van der Waals surface area contributed by atoms with Gasteiger partial charge in [-0.05, 0) is 45.2 Å². The van der Waals surface area contributed by atoms with E-state index in [9.17, 15) is 0 Å². The third-order valence-electron chi connectivity index (χ3n) is 7.28. The van der Waals surface area contributed by atoms with Crippen LogP contribution in [0.3, 0.4) is 0 Å². The minimum Gasteiger partial charge on any atom is -0.377 e. The average Bonchev–Trinajstić information content (AvgIpc) is 3.38. The highest BCUT2D eigenvalue weighted by Gasteiger charge is 2.27. The van der Waals surface area contributed by atoms with Crippen LogP contribution >= 0.6 is 0 Å². The summed E-state index contributed by atoms with van der Waals surface area (Å²) in [5, 5.41) is 5.74. The van der Waals surface area contributed by atoms with Crippen LogP contribution in [-0.4, -0.2) is 78.0 Å². The minimum absolute atomic E-state index is 0.0622. The van der Waals surface area contributed by atoms with Gasteiger partial charge in [0.2, 0.25) is 0 Å². The van der Waals surface area contributed by atoms with Gasteiger partial charge in [0.05, 0.1) is 43.3 Å². The molecule has 0 bridgehead atoms. The quantitative estimate of drug-likeness (QED) is 0.563. The van der Waals surface area contributed by atoms with Crippen molar-refractivity contribution in [3.63, 3.8) is 0 Å². The summed E-state index contributed by atoms with van der Waals surface area (Å²) in [6.07, 6.45) is 7.06. The standard InChI is InChI=1S/C26H34N6O3/c1-18-17-33-13-11-31(18)23-15-22(30-10-14-34-19(2)16-30)20-6-8-27-26(25(20)29-23)21-7-9-28-32(21)24-5-3-4-12-35-24/h6-9,15,18-19,24H,3-5,10-14,16-17H2,1-2H3/t18-,19-,24?/m1/s1. The predicted molar refractivity (Wildman–Crippen MR) is 135 cm³/mol. The fourth-order valence-electron chi connectivity index (χ4n) is 5.47. The molecule has 6 heterocycles. The minimum atomic E-state index is -0.0622. The van der Waals surface area contributed by atoms with E-state index in [1.807, 2.05) is 23.1 Å². The van der Waals surface area contributed by atoms with E-state index in [1.54, 1.807) is 0 Å². The van der Waals surface area contributed by atoms with Gasteiger partial charge in [-0.1, -0.05) is 0 Å². The highest BCUT2D eigenvalue weighted by Crippen LogP contribution is 2.37. The van der Waals surface area contributed by atoms with E-state index in [1.165, 1.54) is 5.69 Å². The highest BCUT2D eigenvalue weighted by atomic mass is 16.5. The fraction of sp³-hybridized carbons (Fsp3) is 0.577. The maximum absolute atomic E-state index is 6.07. The average molecular weight is 479 g/mol. The molecule has 3 fully saturated rings. The first-order valence-corrected chi connectivity index (χ1v) is 12.9. The molecular weight excluding hydrogens is 444 g/mol. The number of ether oxygens (including phenoxy) is 3. The van der Waals surface area contributed by atoms with E-state index in [4.69, 9.17) is 24.2 Å². The Bertz CT molecular complexity index is 1180. The van der Waals surface area contributed by atoms with Crippen molar-refractivity contribution in [1.29, 1.82) is 0 Å². The molecule has 3 aliphatic heterocycles. The maximum atomic E-state index is 6.07. The van der Waals surface area contributed by atoms with E-state index in [0.29, 0.717) is 13.2 Å². The SMILES string of the molecule is C[C@@H]1CN(c2cc(N3CCOC[C@H]3C)nc3c(-c4ccnn4C4CCCCO4)nccc23)CCO1. The molecule has 35 heavy (non-hydrogen) atoms. The largest absolute Gasteiger partial charge is 0.377 e. The van der Waals surface area contributed by atoms with E-state index < -0.39 is 0 Å². The Balaban J connectivity index is 1.51. The van der Waals surface area contributed by atoms with Gasteiger partial charge in [-0.2, -0.15) is 5.10 Å². The lowest BCUT2D eigenvalue weighted by Gasteiger charge is -2.37.